The highest BCUT2D eigenvalue weighted by Crippen LogP contribution is 2.33. The Balaban J connectivity index is 0.000000386. The number of hydrogen-bond acceptors (Lipinski definition) is 1. The summed E-state index contributed by atoms with van der Waals surface area (Å²) in [5, 5.41) is 0. The van der Waals surface area contributed by atoms with Crippen LogP contribution in [-0.2, 0) is 6.42 Å². The van der Waals surface area contributed by atoms with Gasteiger partial charge in [-0.25, -0.2) is 0 Å². The van der Waals surface area contributed by atoms with E-state index in [1.165, 1.54) is 17.5 Å². The first-order chi connectivity index (χ1) is 7.48. The van der Waals surface area contributed by atoms with Gasteiger partial charge < -0.3 is 4.74 Å². The van der Waals surface area contributed by atoms with Crippen molar-refractivity contribution in [2.24, 2.45) is 0 Å². The molecule has 0 aliphatic carbocycles. The molecule has 1 aliphatic rings. The zero-order valence-corrected chi connectivity index (χ0v) is 11.3. The maximum Gasteiger partial charge on any atom is 0.123 e. The third kappa shape index (κ3) is 3.55. The lowest BCUT2D eigenvalue weighted by atomic mass is 9.94. The maximum absolute atomic E-state index is 5.90. The fourth-order valence-corrected chi connectivity index (χ4v) is 1.75. The van der Waals surface area contributed by atoms with E-state index in [9.17, 15) is 0 Å². The van der Waals surface area contributed by atoms with E-state index in [2.05, 4.69) is 52.8 Å². The fraction of sp³-hybridized carbons (Fsp3) is 0.600. The molecular weight excluding hydrogens is 196 g/mol. The minimum absolute atomic E-state index is 0.0147. The van der Waals surface area contributed by atoms with Crippen molar-refractivity contribution in [2.45, 2.75) is 59.5 Å². The monoisotopic (exact) mass is 220 g/mol. The largest absolute Gasteiger partial charge is 0.488 e. The number of benzene rings is 1. The van der Waals surface area contributed by atoms with Crippen molar-refractivity contribution in [3.8, 4) is 5.75 Å². The van der Waals surface area contributed by atoms with E-state index < -0.39 is 0 Å². The van der Waals surface area contributed by atoms with E-state index in [-0.39, 0.29) is 5.60 Å². The summed E-state index contributed by atoms with van der Waals surface area (Å²) in [6.45, 7) is 10.7. The topological polar surface area (TPSA) is 9.23 Å². The first kappa shape index (κ1) is 13.1. The molecule has 1 heterocycles. The Morgan fingerprint density at radius 2 is 1.88 bits per heavy atom. The number of fused-ring (bicyclic) bond motifs is 1. The zero-order valence-electron chi connectivity index (χ0n) is 11.3. The Morgan fingerprint density at radius 1 is 1.25 bits per heavy atom. The molecule has 90 valence electrons. The normalized spacial score (nSPS) is 16.6. The minimum atomic E-state index is 0.0147. The van der Waals surface area contributed by atoms with Gasteiger partial charge in [-0.05, 0) is 50.8 Å². The Hall–Kier alpha value is -0.980. The molecule has 0 bridgehead atoms. The van der Waals surface area contributed by atoms with Crippen LogP contribution in [0.4, 0.5) is 0 Å². The summed E-state index contributed by atoms with van der Waals surface area (Å²) in [4.78, 5) is 0. The molecule has 0 amide bonds. The van der Waals surface area contributed by atoms with E-state index in [0.717, 1.165) is 18.6 Å². The quantitative estimate of drug-likeness (QED) is 0.625. The van der Waals surface area contributed by atoms with Crippen LogP contribution in [0.5, 0.6) is 5.75 Å². The Labute approximate surface area is 99.8 Å². The average Bonchev–Trinajstić information content (AvgIpc) is 2.16. The highest BCUT2D eigenvalue weighted by atomic mass is 16.5. The molecule has 1 aromatic carbocycles. The van der Waals surface area contributed by atoms with Crippen molar-refractivity contribution in [1.29, 1.82) is 0 Å². The number of ether oxygens (including phenoxy) is 1. The van der Waals surface area contributed by atoms with Crippen molar-refractivity contribution < 1.29 is 4.74 Å². The minimum Gasteiger partial charge on any atom is -0.488 e. The van der Waals surface area contributed by atoms with Gasteiger partial charge >= 0.3 is 0 Å². The highest BCUT2D eigenvalue weighted by Gasteiger charge is 2.25. The third-order valence-electron chi connectivity index (χ3n) is 2.61. The van der Waals surface area contributed by atoms with Crippen molar-refractivity contribution in [3.05, 3.63) is 29.3 Å². The van der Waals surface area contributed by atoms with Crippen LogP contribution < -0.4 is 4.74 Å². The van der Waals surface area contributed by atoms with Gasteiger partial charge in [0, 0.05) is 0 Å². The van der Waals surface area contributed by atoms with Gasteiger partial charge in [0.05, 0.1) is 0 Å². The Morgan fingerprint density at radius 3 is 2.50 bits per heavy atom. The Kier molecular flexibility index (Phi) is 4.40. The molecule has 0 fully saturated rings. The molecule has 0 radical (unpaired) electrons. The Bertz CT molecular complexity index is 339. The third-order valence-corrected chi connectivity index (χ3v) is 2.61. The molecule has 0 N–H and O–H groups in total. The van der Waals surface area contributed by atoms with E-state index in [1.807, 2.05) is 0 Å². The second kappa shape index (κ2) is 5.38. The highest BCUT2D eigenvalue weighted by molar-refractivity contribution is 5.39. The predicted octanol–water partition coefficient (Wildman–Crippen LogP) is 4.51. The summed E-state index contributed by atoms with van der Waals surface area (Å²) in [5.74, 6) is 1.08. The number of aryl methyl sites for hydroxylation is 2. The molecular formula is C15H24O. The molecule has 1 heteroatoms. The average molecular weight is 220 g/mol. The second-order valence-corrected chi connectivity index (χ2v) is 5.18. The van der Waals surface area contributed by atoms with Gasteiger partial charge in [0.1, 0.15) is 11.4 Å². The molecule has 1 nitrogen and oxygen atoms in total. The second-order valence-electron chi connectivity index (χ2n) is 5.18. The smallest absolute Gasteiger partial charge is 0.123 e. The van der Waals surface area contributed by atoms with Crippen LogP contribution in [0, 0.1) is 6.92 Å². The van der Waals surface area contributed by atoms with E-state index in [1.54, 1.807) is 0 Å². The summed E-state index contributed by atoms with van der Waals surface area (Å²) >= 11 is 0. The van der Waals surface area contributed by atoms with Gasteiger partial charge in [-0.2, -0.15) is 0 Å². The van der Waals surface area contributed by atoms with Crippen LogP contribution in [-0.4, -0.2) is 5.60 Å². The molecule has 0 saturated heterocycles. The van der Waals surface area contributed by atoms with Crippen LogP contribution in [0.25, 0.3) is 0 Å². The van der Waals surface area contributed by atoms with Crippen molar-refractivity contribution >= 4 is 0 Å². The molecule has 0 saturated carbocycles. The van der Waals surface area contributed by atoms with Gasteiger partial charge in [-0.3, -0.25) is 0 Å². The zero-order chi connectivity index (χ0) is 12.2. The number of hydrogen-bond donors (Lipinski definition) is 0. The molecule has 1 aromatic rings. The van der Waals surface area contributed by atoms with Gasteiger partial charge in [0.15, 0.2) is 0 Å². The molecule has 0 aromatic heterocycles. The summed E-state index contributed by atoms with van der Waals surface area (Å²) < 4.78 is 5.90. The van der Waals surface area contributed by atoms with Crippen molar-refractivity contribution in [1.82, 2.24) is 0 Å². The summed E-state index contributed by atoms with van der Waals surface area (Å²) in [6.07, 6.45) is 3.51. The molecule has 0 unspecified atom stereocenters. The van der Waals surface area contributed by atoms with Crippen LogP contribution in [0.2, 0.25) is 0 Å². The molecule has 2 rings (SSSR count). The van der Waals surface area contributed by atoms with Crippen LogP contribution in [0.3, 0.4) is 0 Å². The van der Waals surface area contributed by atoms with Gasteiger partial charge in [-0.1, -0.05) is 32.4 Å². The predicted molar refractivity (Wildman–Crippen MR) is 70.2 cm³/mol. The SMILES string of the molecule is CCC.Cc1ccc2c(c1)OC(C)(C)CC2. The summed E-state index contributed by atoms with van der Waals surface area (Å²) in [6, 6.07) is 6.47. The van der Waals surface area contributed by atoms with Gasteiger partial charge in [0.25, 0.3) is 0 Å². The molecule has 0 spiro atoms. The first-order valence-corrected chi connectivity index (χ1v) is 6.27. The lowest BCUT2D eigenvalue weighted by molar-refractivity contribution is 0.0846. The standard InChI is InChI=1S/C12H16O.C3H8/c1-9-4-5-10-6-7-12(2,3)13-11(10)8-9;1-3-2/h4-5,8H,6-7H2,1-3H3;3H2,1-2H3. The maximum atomic E-state index is 5.90. The van der Waals surface area contributed by atoms with Crippen molar-refractivity contribution in [3.63, 3.8) is 0 Å². The van der Waals surface area contributed by atoms with Gasteiger partial charge in [-0.15, -0.1) is 0 Å². The summed E-state index contributed by atoms with van der Waals surface area (Å²) in [7, 11) is 0. The van der Waals surface area contributed by atoms with Crippen LogP contribution in [0.15, 0.2) is 18.2 Å². The fourth-order valence-electron chi connectivity index (χ4n) is 1.75. The number of rotatable bonds is 0. The molecule has 1 aliphatic heterocycles. The van der Waals surface area contributed by atoms with E-state index >= 15 is 0 Å². The van der Waals surface area contributed by atoms with Crippen LogP contribution in [0.1, 0.15) is 51.7 Å². The lowest BCUT2D eigenvalue weighted by Crippen LogP contribution is -2.32. The van der Waals surface area contributed by atoms with Gasteiger partial charge in [0.2, 0.25) is 0 Å². The van der Waals surface area contributed by atoms with Crippen molar-refractivity contribution in [2.75, 3.05) is 0 Å². The van der Waals surface area contributed by atoms with E-state index in [4.69, 9.17) is 4.74 Å². The summed E-state index contributed by atoms with van der Waals surface area (Å²) in [5.41, 5.74) is 2.64. The van der Waals surface area contributed by atoms with Crippen LogP contribution >= 0.6 is 0 Å². The molecule has 16 heavy (non-hydrogen) atoms. The van der Waals surface area contributed by atoms with E-state index in [0.29, 0.717) is 0 Å². The lowest BCUT2D eigenvalue weighted by Gasteiger charge is -2.32. The molecule has 0 atom stereocenters. The first-order valence-electron chi connectivity index (χ1n) is 6.27.